The van der Waals surface area contributed by atoms with Gasteiger partial charge < -0.3 is 25.7 Å². The zero-order valence-electron chi connectivity index (χ0n) is 19.3. The Morgan fingerprint density at radius 3 is 2.56 bits per heavy atom. The summed E-state index contributed by atoms with van der Waals surface area (Å²) < 4.78 is 18.5. The summed E-state index contributed by atoms with van der Waals surface area (Å²) in [5, 5.41) is 8.51. The maximum atomic E-state index is 13.2. The first-order valence-electron chi connectivity index (χ1n) is 11.0. The van der Waals surface area contributed by atoms with E-state index in [2.05, 4.69) is 25.9 Å². The molecular formula is C23H29ClFN5O4. The summed E-state index contributed by atoms with van der Waals surface area (Å²) in [5.74, 6) is -1.82. The molecule has 0 spiro atoms. The van der Waals surface area contributed by atoms with Crippen LogP contribution in [0.25, 0.3) is 0 Å². The van der Waals surface area contributed by atoms with Crippen LogP contribution in [0.2, 0.25) is 5.02 Å². The molecule has 3 amide bonds. The average Bonchev–Trinajstić information content (AvgIpc) is 3.30. The molecule has 0 saturated heterocycles. The van der Waals surface area contributed by atoms with Gasteiger partial charge in [-0.3, -0.25) is 14.4 Å². The first-order valence-corrected chi connectivity index (χ1v) is 11.4. The van der Waals surface area contributed by atoms with Crippen LogP contribution < -0.4 is 16.0 Å². The number of hydrogen-bond donors (Lipinski definition) is 4. The zero-order chi connectivity index (χ0) is 24.9. The number of imidazole rings is 1. The predicted octanol–water partition coefficient (Wildman–Crippen LogP) is 3.28. The second-order valence-electron chi connectivity index (χ2n) is 8.91. The molecule has 1 aliphatic rings. The number of nitrogens with one attached hydrogen (secondary N) is 4. The topological polar surface area (TPSA) is 125 Å². The second kappa shape index (κ2) is 11.0. The number of nitrogens with zero attached hydrogens (tertiary/aromatic N) is 1. The third kappa shape index (κ3) is 6.54. The van der Waals surface area contributed by atoms with Crippen molar-refractivity contribution >= 4 is 35.0 Å². The molecule has 11 heteroatoms. The molecule has 2 aromatic rings. The van der Waals surface area contributed by atoms with E-state index in [1.807, 2.05) is 13.8 Å². The summed E-state index contributed by atoms with van der Waals surface area (Å²) in [6.07, 6.45) is 3.63. The molecule has 1 aliphatic carbocycles. The number of benzene rings is 1. The molecule has 1 aromatic heterocycles. The number of halogens is 2. The Morgan fingerprint density at radius 2 is 1.91 bits per heavy atom. The van der Waals surface area contributed by atoms with E-state index in [-0.39, 0.29) is 40.8 Å². The third-order valence-corrected chi connectivity index (χ3v) is 6.24. The van der Waals surface area contributed by atoms with Crippen LogP contribution in [0.4, 0.5) is 10.1 Å². The molecule has 3 rings (SSSR count). The predicted molar refractivity (Wildman–Crippen MR) is 125 cm³/mol. The summed E-state index contributed by atoms with van der Waals surface area (Å²) in [5.41, 5.74) is -0.101. The normalized spacial score (nSPS) is 18.3. The Labute approximate surface area is 202 Å². The van der Waals surface area contributed by atoms with Gasteiger partial charge in [0.2, 0.25) is 5.91 Å². The highest BCUT2D eigenvalue weighted by molar-refractivity contribution is 6.33. The van der Waals surface area contributed by atoms with Crippen molar-refractivity contribution in [2.75, 3.05) is 19.0 Å². The molecule has 1 heterocycles. The van der Waals surface area contributed by atoms with E-state index in [4.69, 9.17) is 16.3 Å². The minimum atomic E-state index is -0.554. The summed E-state index contributed by atoms with van der Waals surface area (Å²) in [7, 11) is 1.55. The SMILES string of the molecule is COC(C)(C)CNC(=O)c1nc[nH]c1C(=O)N[C@H]1CC[C@H](C(=O)Nc2ccc(F)cc2Cl)CC1. The molecule has 0 radical (unpaired) electrons. The number of H-pyrrole nitrogens is 1. The molecular weight excluding hydrogens is 465 g/mol. The number of anilines is 1. The van der Waals surface area contributed by atoms with E-state index in [0.29, 0.717) is 31.4 Å². The maximum Gasteiger partial charge on any atom is 0.272 e. The van der Waals surface area contributed by atoms with Crippen LogP contribution in [0, 0.1) is 11.7 Å². The first-order chi connectivity index (χ1) is 16.1. The van der Waals surface area contributed by atoms with Gasteiger partial charge in [-0.25, -0.2) is 9.37 Å². The molecule has 0 aliphatic heterocycles. The van der Waals surface area contributed by atoms with Gasteiger partial charge in [0.1, 0.15) is 11.5 Å². The molecule has 4 N–H and O–H groups in total. The van der Waals surface area contributed by atoms with Crippen LogP contribution in [-0.2, 0) is 9.53 Å². The highest BCUT2D eigenvalue weighted by Gasteiger charge is 2.29. The number of ether oxygens (including phenoxy) is 1. The third-order valence-electron chi connectivity index (χ3n) is 5.93. The van der Waals surface area contributed by atoms with Crippen molar-refractivity contribution in [3.63, 3.8) is 0 Å². The molecule has 1 saturated carbocycles. The van der Waals surface area contributed by atoms with Crippen LogP contribution in [0.5, 0.6) is 0 Å². The summed E-state index contributed by atoms with van der Waals surface area (Å²) >= 11 is 5.98. The smallest absolute Gasteiger partial charge is 0.272 e. The van der Waals surface area contributed by atoms with Gasteiger partial charge in [-0.15, -0.1) is 0 Å². The standard InChI is InChI=1S/C23H29ClFN5O4/c1-23(2,34-3)11-26-21(32)18-19(28-12-27-18)22(33)29-15-7-4-13(5-8-15)20(31)30-17-9-6-14(25)10-16(17)24/h6,9-10,12-13,15H,4-5,7-8,11H2,1-3H3,(H,26,32)(H,27,28)(H,29,33)(H,30,31)/t13-,15-. The Kier molecular flexibility index (Phi) is 8.27. The van der Waals surface area contributed by atoms with Gasteiger partial charge in [0, 0.05) is 25.6 Å². The van der Waals surface area contributed by atoms with Crippen LogP contribution in [-0.4, -0.2) is 53.0 Å². The number of hydrogen-bond acceptors (Lipinski definition) is 5. The summed E-state index contributed by atoms with van der Waals surface area (Å²) in [6, 6.07) is 3.66. The number of methoxy groups -OCH3 is 1. The molecule has 0 unspecified atom stereocenters. The van der Waals surface area contributed by atoms with Gasteiger partial charge in [-0.1, -0.05) is 11.6 Å². The van der Waals surface area contributed by atoms with Gasteiger partial charge in [0.05, 0.1) is 22.6 Å². The zero-order valence-corrected chi connectivity index (χ0v) is 20.1. The van der Waals surface area contributed by atoms with E-state index in [0.717, 1.165) is 6.07 Å². The number of carbonyl (C=O) groups is 3. The van der Waals surface area contributed by atoms with E-state index in [1.165, 1.54) is 18.5 Å². The Bertz CT molecular complexity index is 1050. The van der Waals surface area contributed by atoms with Gasteiger partial charge in [-0.2, -0.15) is 0 Å². The number of aromatic amines is 1. The molecule has 9 nitrogen and oxygen atoms in total. The highest BCUT2D eigenvalue weighted by atomic mass is 35.5. The Morgan fingerprint density at radius 1 is 1.21 bits per heavy atom. The van der Waals surface area contributed by atoms with Crippen LogP contribution in [0.1, 0.15) is 60.5 Å². The first kappa shape index (κ1) is 25.6. The van der Waals surface area contributed by atoms with Gasteiger partial charge >= 0.3 is 0 Å². The molecule has 34 heavy (non-hydrogen) atoms. The Hall–Kier alpha value is -2.98. The van der Waals surface area contributed by atoms with Crippen molar-refractivity contribution in [1.82, 2.24) is 20.6 Å². The van der Waals surface area contributed by atoms with E-state index >= 15 is 0 Å². The average molecular weight is 494 g/mol. The number of rotatable bonds is 8. The number of aromatic nitrogens is 2. The molecule has 184 valence electrons. The van der Waals surface area contributed by atoms with Crippen LogP contribution in [0.15, 0.2) is 24.5 Å². The quantitative estimate of drug-likeness (QED) is 0.449. The fraction of sp³-hybridized carbons (Fsp3) is 0.478. The van der Waals surface area contributed by atoms with Crippen LogP contribution >= 0.6 is 11.6 Å². The molecule has 1 aromatic carbocycles. The lowest BCUT2D eigenvalue weighted by Crippen LogP contribution is -2.42. The van der Waals surface area contributed by atoms with Gasteiger partial charge in [-0.05, 0) is 57.7 Å². The lowest BCUT2D eigenvalue weighted by molar-refractivity contribution is -0.120. The van der Waals surface area contributed by atoms with Crippen molar-refractivity contribution in [2.45, 2.75) is 51.2 Å². The van der Waals surface area contributed by atoms with Gasteiger partial charge in [0.25, 0.3) is 11.8 Å². The lowest BCUT2D eigenvalue weighted by atomic mass is 9.85. The van der Waals surface area contributed by atoms with Gasteiger partial charge in [0.15, 0.2) is 5.69 Å². The largest absolute Gasteiger partial charge is 0.377 e. The van der Waals surface area contributed by atoms with E-state index in [1.54, 1.807) is 7.11 Å². The van der Waals surface area contributed by atoms with Crippen molar-refractivity contribution in [2.24, 2.45) is 5.92 Å². The van der Waals surface area contributed by atoms with Crippen LogP contribution in [0.3, 0.4) is 0 Å². The number of amides is 3. The van der Waals surface area contributed by atoms with E-state index < -0.39 is 23.2 Å². The monoisotopic (exact) mass is 493 g/mol. The Balaban J connectivity index is 1.51. The molecule has 1 fully saturated rings. The number of carbonyl (C=O) groups excluding carboxylic acids is 3. The fourth-order valence-corrected chi connectivity index (χ4v) is 3.89. The second-order valence-corrected chi connectivity index (χ2v) is 9.32. The maximum absolute atomic E-state index is 13.2. The highest BCUT2D eigenvalue weighted by Crippen LogP contribution is 2.28. The minimum absolute atomic E-state index is 0.00800. The summed E-state index contributed by atoms with van der Waals surface area (Å²) in [4.78, 5) is 44.6. The minimum Gasteiger partial charge on any atom is -0.377 e. The van der Waals surface area contributed by atoms with Crippen molar-refractivity contribution < 1.29 is 23.5 Å². The summed E-state index contributed by atoms with van der Waals surface area (Å²) in [6.45, 7) is 3.91. The van der Waals surface area contributed by atoms with Crippen molar-refractivity contribution in [1.29, 1.82) is 0 Å². The lowest BCUT2D eigenvalue weighted by Gasteiger charge is -2.28. The van der Waals surface area contributed by atoms with Crippen molar-refractivity contribution in [3.8, 4) is 0 Å². The fourth-order valence-electron chi connectivity index (χ4n) is 3.67. The van der Waals surface area contributed by atoms with E-state index in [9.17, 15) is 18.8 Å². The molecule has 0 atom stereocenters. The molecule has 0 bridgehead atoms. The van der Waals surface area contributed by atoms with Crippen molar-refractivity contribution in [3.05, 3.63) is 46.8 Å².